The summed E-state index contributed by atoms with van der Waals surface area (Å²) in [6.07, 6.45) is 1.19. The second-order valence-corrected chi connectivity index (χ2v) is 19.7. The third-order valence-corrected chi connectivity index (χ3v) is 16.3. The summed E-state index contributed by atoms with van der Waals surface area (Å²) in [4.78, 5) is 33.2. The van der Waals surface area contributed by atoms with Gasteiger partial charge in [-0.3, -0.25) is 19.9 Å². The van der Waals surface area contributed by atoms with Gasteiger partial charge in [-0.1, -0.05) is 66.7 Å². The van der Waals surface area contributed by atoms with Crippen LogP contribution in [0.5, 0.6) is 40.2 Å². The van der Waals surface area contributed by atoms with Crippen LogP contribution in [0.15, 0.2) is 78.9 Å². The average Bonchev–Trinajstić information content (AvgIpc) is 3.85. The molecule has 0 amide bonds. The van der Waals surface area contributed by atoms with Gasteiger partial charge in [0.25, 0.3) is 0 Å². The largest absolute Gasteiger partial charge is 0.493 e. The highest BCUT2D eigenvalue weighted by molar-refractivity contribution is 7.99. The summed E-state index contributed by atoms with van der Waals surface area (Å²) >= 11 is 1.57. The van der Waals surface area contributed by atoms with E-state index in [4.69, 9.17) is 37.9 Å². The van der Waals surface area contributed by atoms with Gasteiger partial charge in [0.15, 0.2) is 40.0 Å². The first-order chi connectivity index (χ1) is 33.6. The predicted octanol–water partition coefficient (Wildman–Crippen LogP) is 7.73. The third kappa shape index (κ3) is 7.25. The highest BCUT2D eigenvalue weighted by atomic mass is 32.2. The number of carbonyl (C=O) groups is 2. The fourth-order valence-electron chi connectivity index (χ4n) is 11.9. The number of carbonyl (C=O) groups excluding carboxylic acids is 2. The minimum absolute atomic E-state index is 0.0487. The number of nitrogens with one attached hydrogen (secondary N) is 1. The van der Waals surface area contributed by atoms with Crippen LogP contribution < -0.4 is 38.5 Å². The first-order valence-corrected chi connectivity index (χ1v) is 24.4. The number of esters is 2. The number of benzene rings is 5. The maximum Gasteiger partial charge on any atom is 0.331 e. The van der Waals surface area contributed by atoms with Crippen molar-refractivity contribution in [3.8, 4) is 46.3 Å². The molecule has 0 aromatic heterocycles. The van der Waals surface area contributed by atoms with Crippen LogP contribution in [0.4, 0.5) is 0 Å². The highest BCUT2D eigenvalue weighted by Crippen LogP contribution is 2.65. The maximum absolute atomic E-state index is 15.3. The van der Waals surface area contributed by atoms with E-state index in [0.717, 1.165) is 44.5 Å². The number of rotatable bonds is 9. The average molecular weight is 951 g/mol. The van der Waals surface area contributed by atoms with Crippen molar-refractivity contribution in [1.29, 1.82) is 5.26 Å². The zero-order valence-electron chi connectivity index (χ0n) is 39.5. The fraction of sp³-hybridized carbons (Fsp3) is 0.389. The van der Waals surface area contributed by atoms with Gasteiger partial charge >= 0.3 is 11.9 Å². The van der Waals surface area contributed by atoms with Gasteiger partial charge in [-0.15, -0.1) is 11.8 Å². The lowest BCUT2D eigenvalue weighted by Crippen LogP contribution is -2.69. The van der Waals surface area contributed by atoms with Gasteiger partial charge in [0.2, 0.25) is 6.79 Å². The Bertz CT molecular complexity index is 2910. The number of nitrogens with zero attached hydrogens (tertiary/aromatic N) is 3. The van der Waals surface area contributed by atoms with E-state index < -0.39 is 46.9 Å². The summed E-state index contributed by atoms with van der Waals surface area (Å²) in [5.74, 6) is 2.93. The lowest BCUT2D eigenvalue weighted by atomic mass is 9.71. The van der Waals surface area contributed by atoms with E-state index in [1.165, 1.54) is 6.92 Å². The number of hydrogen-bond acceptors (Lipinski definition) is 15. The molecule has 5 aromatic carbocycles. The Morgan fingerprint density at radius 1 is 0.870 bits per heavy atom. The second kappa shape index (κ2) is 17.8. The molecule has 12 rings (SSSR count). The van der Waals surface area contributed by atoms with Crippen molar-refractivity contribution in [1.82, 2.24) is 15.1 Å². The van der Waals surface area contributed by atoms with E-state index in [2.05, 4.69) is 34.3 Å². The van der Waals surface area contributed by atoms with Crippen molar-refractivity contribution < 1.29 is 47.5 Å². The van der Waals surface area contributed by atoms with Gasteiger partial charge in [0.1, 0.15) is 31.6 Å². The van der Waals surface area contributed by atoms with Gasteiger partial charge < -0.3 is 37.9 Å². The van der Waals surface area contributed by atoms with Crippen LogP contribution >= 0.6 is 11.8 Å². The summed E-state index contributed by atoms with van der Waals surface area (Å²) in [7, 11) is 5.36. The molecule has 5 aromatic rings. The van der Waals surface area contributed by atoms with Crippen LogP contribution in [0.1, 0.15) is 79.9 Å². The summed E-state index contributed by atoms with van der Waals surface area (Å²) in [5, 5.41) is 14.6. The van der Waals surface area contributed by atoms with Crippen molar-refractivity contribution in [2.24, 2.45) is 0 Å². The monoisotopic (exact) mass is 950 g/mol. The van der Waals surface area contributed by atoms with Crippen LogP contribution in [-0.2, 0) is 45.9 Å². The molecule has 356 valence electrons. The minimum Gasteiger partial charge on any atom is -0.493 e. The molecule has 2 fully saturated rings. The molecule has 0 aliphatic carbocycles. The van der Waals surface area contributed by atoms with Crippen molar-refractivity contribution in [3.63, 3.8) is 0 Å². The molecular weight excluding hydrogens is 897 g/mol. The zero-order chi connectivity index (χ0) is 47.7. The van der Waals surface area contributed by atoms with Crippen LogP contribution in [0, 0.1) is 25.2 Å². The fourth-order valence-corrected chi connectivity index (χ4v) is 13.6. The Labute approximate surface area is 405 Å². The van der Waals surface area contributed by atoms with Gasteiger partial charge in [-0.25, -0.2) is 4.79 Å². The number of ether oxygens (including phenoxy) is 8. The number of likely N-dealkylation sites (N-methyl/N-ethyl adjacent to an activating group) is 1. The Balaban J connectivity index is 1.11. The molecule has 7 aliphatic heterocycles. The smallest absolute Gasteiger partial charge is 0.331 e. The van der Waals surface area contributed by atoms with Crippen molar-refractivity contribution in [2.75, 3.05) is 47.0 Å². The van der Waals surface area contributed by atoms with Crippen LogP contribution in [0.2, 0.25) is 0 Å². The van der Waals surface area contributed by atoms with Crippen molar-refractivity contribution in [3.05, 3.63) is 134 Å². The first-order valence-electron chi connectivity index (χ1n) is 23.4. The van der Waals surface area contributed by atoms with E-state index in [-0.39, 0.29) is 25.2 Å². The molecule has 7 heterocycles. The van der Waals surface area contributed by atoms with E-state index in [0.29, 0.717) is 84.0 Å². The molecule has 1 N–H and O–H groups in total. The molecule has 1 spiro atoms. The Morgan fingerprint density at radius 3 is 2.29 bits per heavy atom. The van der Waals surface area contributed by atoms with Gasteiger partial charge in [-0.05, 0) is 79.3 Å². The molecule has 7 aliphatic rings. The number of nitriles is 1. The third-order valence-electron chi connectivity index (χ3n) is 14.9. The number of thioether (sulfide) groups is 1. The molecule has 2 saturated heterocycles. The normalized spacial score (nSPS) is 25.3. The van der Waals surface area contributed by atoms with Crippen LogP contribution in [0.3, 0.4) is 0 Å². The molecule has 15 heteroatoms. The quantitative estimate of drug-likeness (QED) is 0.113. The Kier molecular flexibility index (Phi) is 11.6. The Hall–Kier alpha value is -6.44. The molecule has 7 atom stereocenters. The number of methoxy groups -OCH3 is 2. The van der Waals surface area contributed by atoms with E-state index in [1.54, 1.807) is 26.0 Å². The van der Waals surface area contributed by atoms with E-state index in [1.807, 2.05) is 86.6 Å². The number of piperazine rings is 1. The molecule has 69 heavy (non-hydrogen) atoms. The zero-order valence-corrected chi connectivity index (χ0v) is 40.3. The van der Waals surface area contributed by atoms with Crippen LogP contribution in [0.25, 0.3) is 0 Å². The van der Waals surface area contributed by atoms with Crippen LogP contribution in [-0.4, -0.2) is 86.8 Å². The summed E-state index contributed by atoms with van der Waals surface area (Å²) in [5.41, 5.74) is 7.38. The first kappa shape index (κ1) is 45.0. The SMILES string of the molecule is COc1cc2c(cc1OCc1ccccc1)CCN[C@]21CS[C@@H]2c3c(OC(C)=O)c(C)c4c(c3[C@H](COC1=O)N1C2[C@H]2c3c(cc(C)c(OC)c3OCc3ccccc3)C[C@@H]([C@@H]1C#N)N2C)OCO4. The molecule has 4 bridgehead atoms. The summed E-state index contributed by atoms with van der Waals surface area (Å²) < 4.78 is 51.1. The topological polar surface area (TPSA) is 150 Å². The minimum atomic E-state index is -1.34. The molecule has 0 saturated carbocycles. The maximum atomic E-state index is 15.3. The van der Waals surface area contributed by atoms with Crippen molar-refractivity contribution in [2.45, 2.75) is 87.8 Å². The number of hydrogen-bond donors (Lipinski definition) is 1. The summed E-state index contributed by atoms with van der Waals surface area (Å²) in [6, 6.07) is 26.3. The predicted molar refractivity (Wildman–Crippen MR) is 256 cm³/mol. The molecular formula is C54H54N4O10S. The van der Waals surface area contributed by atoms with E-state index >= 15 is 4.79 Å². The molecule has 14 nitrogen and oxygen atoms in total. The van der Waals surface area contributed by atoms with Gasteiger partial charge in [-0.2, -0.15) is 5.26 Å². The van der Waals surface area contributed by atoms with Gasteiger partial charge in [0, 0.05) is 53.6 Å². The second-order valence-electron chi connectivity index (χ2n) is 18.6. The number of aryl methyl sites for hydroxylation is 1. The van der Waals surface area contributed by atoms with E-state index in [9.17, 15) is 10.1 Å². The van der Waals surface area contributed by atoms with Gasteiger partial charge in [0.05, 0.1) is 37.6 Å². The lowest BCUT2D eigenvalue weighted by Gasteiger charge is -2.62. The molecule has 0 radical (unpaired) electrons. The Morgan fingerprint density at radius 2 is 1.59 bits per heavy atom. The highest BCUT2D eigenvalue weighted by Gasteiger charge is 2.62. The standard InChI is InChI=1S/C54H54N4O10S/c1-29-19-35-20-37-38(23-55)58-39-26-65-53(60)54(36-22-40(61-5)41(21-34(36)17-18-56-54)63-24-32-13-9-7-10-14-32)27-69-52(44-43(39)51-49(66-28-67-51)30(2)48(44)68-31(3)59)46(58)45(57(37)4)42(35)50(47(29)62-6)64-25-33-15-11-8-12-16-33/h7-16,19,21-22,37-39,45-46,52,56H,17-18,20,24-28H2,1-6H3/t37-,38-,39-,45+,46?,52+,54+/m0/s1. The van der Waals surface area contributed by atoms with Crippen molar-refractivity contribution >= 4 is 23.7 Å². The summed E-state index contributed by atoms with van der Waals surface area (Å²) in [6.45, 7) is 6.24. The molecule has 1 unspecified atom stereocenters. The lowest BCUT2D eigenvalue weighted by molar-refractivity contribution is -0.157. The number of fused-ring (bicyclic) bond motifs is 9.